The molecular formula is C20H27N3O3. The fraction of sp³-hybridized carbons (Fsp3) is 0.550. The first kappa shape index (κ1) is 18.4. The van der Waals surface area contributed by atoms with E-state index in [1.807, 2.05) is 24.3 Å². The van der Waals surface area contributed by atoms with Gasteiger partial charge in [0.25, 0.3) is 5.91 Å². The molecule has 6 heteroatoms. The predicted octanol–water partition coefficient (Wildman–Crippen LogP) is 2.27. The van der Waals surface area contributed by atoms with Crippen molar-refractivity contribution in [3.8, 4) is 0 Å². The van der Waals surface area contributed by atoms with Crippen molar-refractivity contribution in [2.45, 2.75) is 51.0 Å². The van der Waals surface area contributed by atoms with Gasteiger partial charge in [-0.25, -0.2) is 0 Å². The Morgan fingerprint density at radius 2 is 2.04 bits per heavy atom. The van der Waals surface area contributed by atoms with Crippen molar-refractivity contribution in [2.24, 2.45) is 5.92 Å². The minimum Gasteiger partial charge on any atom is -0.359 e. The Balaban J connectivity index is 2.02. The van der Waals surface area contributed by atoms with E-state index in [0.29, 0.717) is 6.42 Å². The van der Waals surface area contributed by atoms with Gasteiger partial charge in [-0.3, -0.25) is 14.4 Å². The third kappa shape index (κ3) is 2.77. The summed E-state index contributed by atoms with van der Waals surface area (Å²) in [4.78, 5) is 40.1. The molecule has 0 radical (unpaired) electrons. The minimum atomic E-state index is -1.05. The van der Waals surface area contributed by atoms with E-state index in [0.717, 1.165) is 30.5 Å². The average molecular weight is 357 g/mol. The SMILES string of the molecule is CCCCCC(=O)N1C[C@H](C(=O)NC)[C@H]2c3ccccc3NC(=O)[C@]21C. The summed E-state index contributed by atoms with van der Waals surface area (Å²) < 4.78 is 0. The van der Waals surface area contributed by atoms with Crippen LogP contribution >= 0.6 is 0 Å². The predicted molar refractivity (Wildman–Crippen MR) is 99.6 cm³/mol. The van der Waals surface area contributed by atoms with Gasteiger partial charge in [-0.15, -0.1) is 0 Å². The van der Waals surface area contributed by atoms with E-state index in [4.69, 9.17) is 0 Å². The first-order valence-corrected chi connectivity index (χ1v) is 9.37. The van der Waals surface area contributed by atoms with Crippen LogP contribution in [-0.4, -0.2) is 41.8 Å². The van der Waals surface area contributed by atoms with Gasteiger partial charge in [0.15, 0.2) is 0 Å². The van der Waals surface area contributed by atoms with Crippen LogP contribution in [0.1, 0.15) is 51.0 Å². The average Bonchev–Trinajstić information content (AvgIpc) is 2.96. The fourth-order valence-electron chi connectivity index (χ4n) is 4.41. The van der Waals surface area contributed by atoms with Gasteiger partial charge in [0.05, 0.1) is 5.92 Å². The van der Waals surface area contributed by atoms with Crippen LogP contribution in [0.25, 0.3) is 0 Å². The number of unbranched alkanes of at least 4 members (excludes halogenated alkanes) is 2. The van der Waals surface area contributed by atoms with E-state index in [-0.39, 0.29) is 30.2 Å². The van der Waals surface area contributed by atoms with Gasteiger partial charge in [-0.05, 0) is 25.0 Å². The molecule has 0 saturated carbocycles. The van der Waals surface area contributed by atoms with Crippen LogP contribution in [0.2, 0.25) is 0 Å². The van der Waals surface area contributed by atoms with Crippen LogP contribution in [0.3, 0.4) is 0 Å². The normalized spacial score (nSPS) is 26.7. The molecule has 0 aromatic heterocycles. The van der Waals surface area contributed by atoms with Gasteiger partial charge in [-0.2, -0.15) is 0 Å². The molecule has 1 fully saturated rings. The van der Waals surface area contributed by atoms with Crippen molar-refractivity contribution in [1.82, 2.24) is 10.2 Å². The summed E-state index contributed by atoms with van der Waals surface area (Å²) in [7, 11) is 1.60. The fourth-order valence-corrected chi connectivity index (χ4v) is 4.41. The van der Waals surface area contributed by atoms with E-state index < -0.39 is 11.5 Å². The second kappa shape index (κ2) is 7.09. The lowest BCUT2D eigenvalue weighted by atomic mass is 9.72. The molecule has 3 rings (SSSR count). The molecule has 140 valence electrons. The Kier molecular flexibility index (Phi) is 5.03. The molecule has 1 saturated heterocycles. The number of carbonyl (C=O) groups excluding carboxylic acids is 3. The van der Waals surface area contributed by atoms with Gasteiger partial charge >= 0.3 is 0 Å². The number of fused-ring (bicyclic) bond motifs is 3. The molecule has 26 heavy (non-hydrogen) atoms. The molecular weight excluding hydrogens is 330 g/mol. The van der Waals surface area contributed by atoms with Crippen molar-refractivity contribution in [1.29, 1.82) is 0 Å². The first-order chi connectivity index (χ1) is 12.4. The number of nitrogens with one attached hydrogen (secondary N) is 2. The lowest BCUT2D eigenvalue weighted by Gasteiger charge is -2.42. The zero-order valence-electron chi connectivity index (χ0n) is 15.7. The molecule has 1 aromatic carbocycles. The van der Waals surface area contributed by atoms with Crippen LogP contribution in [0.4, 0.5) is 5.69 Å². The Hall–Kier alpha value is -2.37. The summed E-state index contributed by atoms with van der Waals surface area (Å²) in [5, 5.41) is 5.64. The topological polar surface area (TPSA) is 78.5 Å². The second-order valence-corrected chi connectivity index (χ2v) is 7.35. The lowest BCUT2D eigenvalue weighted by molar-refractivity contribution is -0.142. The smallest absolute Gasteiger partial charge is 0.250 e. The molecule has 0 bridgehead atoms. The van der Waals surface area contributed by atoms with Gasteiger partial charge in [0.1, 0.15) is 5.54 Å². The van der Waals surface area contributed by atoms with Gasteiger partial charge < -0.3 is 15.5 Å². The summed E-state index contributed by atoms with van der Waals surface area (Å²) in [6.07, 6.45) is 3.22. The number of hydrogen-bond donors (Lipinski definition) is 2. The summed E-state index contributed by atoms with van der Waals surface area (Å²) in [5.41, 5.74) is 0.607. The maximum Gasteiger partial charge on any atom is 0.250 e. The van der Waals surface area contributed by atoms with Crippen molar-refractivity contribution < 1.29 is 14.4 Å². The summed E-state index contributed by atoms with van der Waals surface area (Å²) in [6, 6.07) is 7.56. The zero-order chi connectivity index (χ0) is 18.9. The maximum atomic E-state index is 13.0. The highest BCUT2D eigenvalue weighted by molar-refractivity contribution is 6.06. The molecule has 3 amide bonds. The molecule has 2 N–H and O–H groups in total. The van der Waals surface area contributed by atoms with Crippen molar-refractivity contribution in [2.75, 3.05) is 18.9 Å². The summed E-state index contributed by atoms with van der Waals surface area (Å²) >= 11 is 0. The quantitative estimate of drug-likeness (QED) is 0.794. The minimum absolute atomic E-state index is 0.0492. The zero-order valence-corrected chi connectivity index (χ0v) is 15.7. The van der Waals surface area contributed by atoms with Crippen LogP contribution in [0, 0.1) is 5.92 Å². The number of hydrogen-bond acceptors (Lipinski definition) is 3. The van der Waals surface area contributed by atoms with E-state index in [1.165, 1.54) is 0 Å². The highest BCUT2D eigenvalue weighted by Gasteiger charge is 2.61. The highest BCUT2D eigenvalue weighted by Crippen LogP contribution is 2.51. The van der Waals surface area contributed by atoms with Crippen molar-refractivity contribution >= 4 is 23.4 Å². The Bertz CT molecular complexity index is 733. The van der Waals surface area contributed by atoms with E-state index in [9.17, 15) is 14.4 Å². The number of para-hydroxylation sites is 1. The first-order valence-electron chi connectivity index (χ1n) is 9.37. The standard InChI is InChI=1S/C20H27N3O3/c1-4-5-6-11-16(24)23-12-14(18(25)21-3)17-13-9-7-8-10-15(13)22-19(26)20(17,23)2/h7-10,14,17H,4-6,11-12H2,1-3H3,(H,21,25)(H,22,26)/t14-,17+,20-/m0/s1. The summed E-state index contributed by atoms with van der Waals surface area (Å²) in [5.74, 6) is -1.17. The molecule has 1 aromatic rings. The van der Waals surface area contributed by atoms with E-state index in [2.05, 4.69) is 17.6 Å². The molecule has 3 atom stereocenters. The molecule has 2 aliphatic rings. The van der Waals surface area contributed by atoms with Crippen LogP contribution in [-0.2, 0) is 14.4 Å². The maximum absolute atomic E-state index is 13.0. The number of likely N-dealkylation sites (tertiary alicyclic amines) is 1. The molecule has 0 spiro atoms. The highest BCUT2D eigenvalue weighted by atomic mass is 16.2. The molecule has 0 aliphatic carbocycles. The number of rotatable bonds is 5. The number of amides is 3. The van der Waals surface area contributed by atoms with E-state index in [1.54, 1.807) is 18.9 Å². The monoisotopic (exact) mass is 357 g/mol. The van der Waals surface area contributed by atoms with Crippen LogP contribution < -0.4 is 10.6 Å². The Morgan fingerprint density at radius 3 is 2.73 bits per heavy atom. The third-order valence-corrected chi connectivity index (χ3v) is 5.83. The molecule has 2 aliphatic heterocycles. The van der Waals surface area contributed by atoms with Crippen LogP contribution in [0.15, 0.2) is 24.3 Å². The Labute approximate surface area is 154 Å². The number of carbonyl (C=O) groups is 3. The number of benzene rings is 1. The van der Waals surface area contributed by atoms with E-state index >= 15 is 0 Å². The largest absolute Gasteiger partial charge is 0.359 e. The lowest BCUT2D eigenvalue weighted by Crippen LogP contribution is -2.58. The Morgan fingerprint density at radius 1 is 1.31 bits per heavy atom. The van der Waals surface area contributed by atoms with Crippen molar-refractivity contribution in [3.63, 3.8) is 0 Å². The van der Waals surface area contributed by atoms with Gasteiger partial charge in [0.2, 0.25) is 11.8 Å². The third-order valence-electron chi connectivity index (χ3n) is 5.83. The second-order valence-electron chi connectivity index (χ2n) is 7.35. The van der Waals surface area contributed by atoms with Gasteiger partial charge in [-0.1, -0.05) is 38.0 Å². The molecule has 2 heterocycles. The van der Waals surface area contributed by atoms with Crippen molar-refractivity contribution in [3.05, 3.63) is 29.8 Å². The van der Waals surface area contributed by atoms with Crippen LogP contribution in [0.5, 0.6) is 0 Å². The van der Waals surface area contributed by atoms with Gasteiger partial charge in [0, 0.05) is 31.6 Å². The number of nitrogens with zero attached hydrogens (tertiary/aromatic N) is 1. The molecule has 6 nitrogen and oxygen atoms in total. The summed E-state index contributed by atoms with van der Waals surface area (Å²) in [6.45, 7) is 4.15. The molecule has 0 unspecified atom stereocenters. The number of anilines is 1.